The Morgan fingerprint density at radius 1 is 1.25 bits per heavy atom. The summed E-state index contributed by atoms with van der Waals surface area (Å²) in [5, 5.41) is 3.47. The van der Waals surface area contributed by atoms with Crippen LogP contribution in [0.1, 0.15) is 34.1 Å². The van der Waals surface area contributed by atoms with Crippen molar-refractivity contribution >= 4 is 0 Å². The van der Waals surface area contributed by atoms with Crippen LogP contribution >= 0.6 is 0 Å². The van der Waals surface area contributed by atoms with Gasteiger partial charge in [0.25, 0.3) is 0 Å². The molecule has 2 nitrogen and oxygen atoms in total. The zero-order valence-electron chi connectivity index (χ0n) is 9.28. The van der Waals surface area contributed by atoms with Gasteiger partial charge in [-0.15, -0.1) is 0 Å². The standard InChI is InChI=1S/C10H24N2/c1-6-12(5)9-7-8-11-10(2,3)4/h11H,6-9H2,1-5H3. The predicted molar refractivity (Wildman–Crippen MR) is 55.5 cm³/mol. The summed E-state index contributed by atoms with van der Waals surface area (Å²) in [6, 6.07) is 0. The molecular weight excluding hydrogens is 148 g/mol. The summed E-state index contributed by atoms with van der Waals surface area (Å²) in [7, 11) is 2.16. The van der Waals surface area contributed by atoms with E-state index in [0.29, 0.717) is 0 Å². The van der Waals surface area contributed by atoms with E-state index in [9.17, 15) is 0 Å². The van der Waals surface area contributed by atoms with Gasteiger partial charge >= 0.3 is 0 Å². The Kier molecular flexibility index (Phi) is 5.51. The Hall–Kier alpha value is -0.0800. The van der Waals surface area contributed by atoms with E-state index >= 15 is 0 Å². The van der Waals surface area contributed by atoms with E-state index in [4.69, 9.17) is 0 Å². The average molecular weight is 172 g/mol. The molecule has 0 aromatic rings. The molecule has 0 aliphatic heterocycles. The minimum Gasteiger partial charge on any atom is -0.312 e. The lowest BCUT2D eigenvalue weighted by atomic mass is 10.1. The third kappa shape index (κ3) is 8.02. The molecule has 2 heteroatoms. The molecule has 0 spiro atoms. The van der Waals surface area contributed by atoms with Crippen LogP contribution in [0.2, 0.25) is 0 Å². The highest BCUT2D eigenvalue weighted by Crippen LogP contribution is 1.98. The van der Waals surface area contributed by atoms with E-state index in [1.807, 2.05) is 0 Å². The predicted octanol–water partition coefficient (Wildman–Crippen LogP) is 1.72. The molecule has 0 saturated carbocycles. The zero-order chi connectivity index (χ0) is 9.61. The third-order valence-electron chi connectivity index (χ3n) is 1.91. The maximum Gasteiger partial charge on any atom is 0.00965 e. The normalized spacial score (nSPS) is 12.5. The fourth-order valence-corrected chi connectivity index (χ4v) is 0.970. The van der Waals surface area contributed by atoms with Crippen molar-refractivity contribution < 1.29 is 0 Å². The Labute approximate surface area is 77.3 Å². The van der Waals surface area contributed by atoms with Crippen LogP contribution in [0.15, 0.2) is 0 Å². The Morgan fingerprint density at radius 3 is 2.25 bits per heavy atom. The lowest BCUT2D eigenvalue weighted by molar-refractivity contribution is 0.330. The van der Waals surface area contributed by atoms with Crippen molar-refractivity contribution in [2.24, 2.45) is 0 Å². The van der Waals surface area contributed by atoms with Crippen molar-refractivity contribution in [2.75, 3.05) is 26.7 Å². The highest BCUT2D eigenvalue weighted by atomic mass is 15.1. The van der Waals surface area contributed by atoms with Gasteiger partial charge in [0.15, 0.2) is 0 Å². The zero-order valence-corrected chi connectivity index (χ0v) is 9.28. The van der Waals surface area contributed by atoms with Gasteiger partial charge in [-0.05, 0) is 53.9 Å². The Morgan fingerprint density at radius 2 is 1.83 bits per heavy atom. The average Bonchev–Trinajstić information content (AvgIpc) is 1.96. The molecular formula is C10H24N2. The Balaban J connectivity index is 3.22. The van der Waals surface area contributed by atoms with Crippen molar-refractivity contribution in [1.82, 2.24) is 10.2 Å². The van der Waals surface area contributed by atoms with E-state index < -0.39 is 0 Å². The number of rotatable bonds is 5. The van der Waals surface area contributed by atoms with Crippen molar-refractivity contribution in [3.8, 4) is 0 Å². The molecule has 0 radical (unpaired) electrons. The fourth-order valence-electron chi connectivity index (χ4n) is 0.970. The molecule has 0 heterocycles. The molecule has 0 rings (SSSR count). The van der Waals surface area contributed by atoms with E-state index in [0.717, 1.165) is 13.1 Å². The summed E-state index contributed by atoms with van der Waals surface area (Å²) in [5.74, 6) is 0. The Bertz CT molecular complexity index is 105. The monoisotopic (exact) mass is 172 g/mol. The largest absolute Gasteiger partial charge is 0.312 e. The van der Waals surface area contributed by atoms with E-state index in [1.165, 1.54) is 13.0 Å². The topological polar surface area (TPSA) is 15.3 Å². The molecule has 74 valence electrons. The van der Waals surface area contributed by atoms with Gasteiger partial charge < -0.3 is 10.2 Å². The summed E-state index contributed by atoms with van der Waals surface area (Å²) < 4.78 is 0. The highest BCUT2D eigenvalue weighted by Gasteiger charge is 2.07. The smallest absolute Gasteiger partial charge is 0.00965 e. The third-order valence-corrected chi connectivity index (χ3v) is 1.91. The molecule has 1 N–H and O–H groups in total. The fraction of sp³-hybridized carbons (Fsp3) is 1.00. The molecule has 0 aliphatic rings. The van der Waals surface area contributed by atoms with Crippen molar-refractivity contribution in [3.63, 3.8) is 0 Å². The van der Waals surface area contributed by atoms with Gasteiger partial charge in [0.05, 0.1) is 0 Å². The molecule has 0 unspecified atom stereocenters. The van der Waals surface area contributed by atoms with Gasteiger partial charge in [-0.1, -0.05) is 6.92 Å². The quantitative estimate of drug-likeness (QED) is 0.635. The van der Waals surface area contributed by atoms with Crippen molar-refractivity contribution in [3.05, 3.63) is 0 Å². The van der Waals surface area contributed by atoms with Crippen LogP contribution in [0.5, 0.6) is 0 Å². The van der Waals surface area contributed by atoms with Gasteiger partial charge in [0, 0.05) is 5.54 Å². The second-order valence-electron chi connectivity index (χ2n) is 4.43. The highest BCUT2D eigenvalue weighted by molar-refractivity contribution is 4.69. The van der Waals surface area contributed by atoms with Crippen molar-refractivity contribution in [1.29, 1.82) is 0 Å². The van der Waals surface area contributed by atoms with E-state index in [1.54, 1.807) is 0 Å². The van der Waals surface area contributed by atoms with Crippen LogP contribution in [0.4, 0.5) is 0 Å². The number of hydrogen-bond acceptors (Lipinski definition) is 2. The van der Waals surface area contributed by atoms with Crippen LogP contribution in [-0.2, 0) is 0 Å². The van der Waals surface area contributed by atoms with Crippen LogP contribution in [0.25, 0.3) is 0 Å². The first-order valence-electron chi connectivity index (χ1n) is 4.89. The second kappa shape index (κ2) is 5.55. The summed E-state index contributed by atoms with van der Waals surface area (Å²) in [6.07, 6.45) is 1.24. The molecule has 0 aliphatic carbocycles. The van der Waals surface area contributed by atoms with Crippen LogP contribution in [-0.4, -0.2) is 37.1 Å². The lowest BCUT2D eigenvalue weighted by Gasteiger charge is -2.21. The molecule has 0 saturated heterocycles. The van der Waals surface area contributed by atoms with E-state index in [-0.39, 0.29) is 5.54 Å². The minimum absolute atomic E-state index is 0.269. The van der Waals surface area contributed by atoms with E-state index in [2.05, 4.69) is 45.0 Å². The summed E-state index contributed by atoms with van der Waals surface area (Å²) in [4.78, 5) is 2.34. The summed E-state index contributed by atoms with van der Waals surface area (Å²) in [5.41, 5.74) is 0.269. The van der Waals surface area contributed by atoms with Gasteiger partial charge in [-0.3, -0.25) is 0 Å². The van der Waals surface area contributed by atoms with Crippen molar-refractivity contribution in [2.45, 2.75) is 39.7 Å². The molecule has 0 bridgehead atoms. The summed E-state index contributed by atoms with van der Waals surface area (Å²) >= 11 is 0. The minimum atomic E-state index is 0.269. The second-order valence-corrected chi connectivity index (χ2v) is 4.43. The molecule has 0 aromatic carbocycles. The number of nitrogens with zero attached hydrogens (tertiary/aromatic N) is 1. The molecule has 0 aromatic heterocycles. The van der Waals surface area contributed by atoms with Gasteiger partial charge in [0.2, 0.25) is 0 Å². The first-order chi connectivity index (χ1) is 5.45. The van der Waals surface area contributed by atoms with Crippen LogP contribution in [0.3, 0.4) is 0 Å². The number of hydrogen-bond donors (Lipinski definition) is 1. The SMILES string of the molecule is CCN(C)CCCNC(C)(C)C. The van der Waals surface area contributed by atoms with Gasteiger partial charge in [-0.25, -0.2) is 0 Å². The van der Waals surface area contributed by atoms with Gasteiger partial charge in [0.1, 0.15) is 0 Å². The molecule has 0 amide bonds. The first kappa shape index (κ1) is 11.9. The maximum absolute atomic E-state index is 3.47. The van der Waals surface area contributed by atoms with Gasteiger partial charge in [-0.2, -0.15) is 0 Å². The number of nitrogens with one attached hydrogen (secondary N) is 1. The van der Waals surface area contributed by atoms with Crippen LogP contribution < -0.4 is 5.32 Å². The molecule has 0 atom stereocenters. The first-order valence-corrected chi connectivity index (χ1v) is 4.89. The molecule has 0 fully saturated rings. The summed E-state index contributed by atoms with van der Waals surface area (Å²) in [6.45, 7) is 12.3. The molecule has 12 heavy (non-hydrogen) atoms. The lowest BCUT2D eigenvalue weighted by Crippen LogP contribution is -2.37. The van der Waals surface area contributed by atoms with Crippen LogP contribution in [0, 0.1) is 0 Å². The maximum atomic E-state index is 3.47.